The van der Waals surface area contributed by atoms with Crippen molar-refractivity contribution in [3.8, 4) is 0 Å². The van der Waals surface area contributed by atoms with Gasteiger partial charge in [0, 0.05) is 24.4 Å². The average Bonchev–Trinajstić information content (AvgIpc) is 2.54. The number of benzene rings is 1. The van der Waals surface area contributed by atoms with Crippen LogP contribution in [0.5, 0.6) is 0 Å². The summed E-state index contributed by atoms with van der Waals surface area (Å²) < 4.78 is 0. The van der Waals surface area contributed by atoms with Gasteiger partial charge >= 0.3 is 0 Å². The number of nitro groups is 1. The molecule has 0 aliphatic carbocycles. The van der Waals surface area contributed by atoms with Gasteiger partial charge in [-0.2, -0.15) is 0 Å². The molecular formula is C15H23N4O3+. The second-order valence-corrected chi connectivity index (χ2v) is 5.54. The number of carbonyl (C=O) groups is 1. The molecule has 1 aromatic rings. The van der Waals surface area contributed by atoms with Crippen LogP contribution in [-0.2, 0) is 4.79 Å². The normalized spacial score (nSPS) is 15.6. The van der Waals surface area contributed by atoms with Crippen LogP contribution in [0.3, 0.4) is 0 Å². The van der Waals surface area contributed by atoms with Crippen molar-refractivity contribution in [2.45, 2.75) is 13.3 Å². The molecule has 0 unspecified atom stereocenters. The summed E-state index contributed by atoms with van der Waals surface area (Å²) in [6.45, 7) is 6.81. The number of nitrogens with one attached hydrogen (secondary N) is 2. The number of piperazine rings is 1. The van der Waals surface area contributed by atoms with Crippen LogP contribution in [0.2, 0.25) is 0 Å². The number of anilines is 1. The highest BCUT2D eigenvalue weighted by molar-refractivity contribution is 5.76. The molecule has 2 N–H and O–H groups in total. The van der Waals surface area contributed by atoms with Crippen molar-refractivity contribution >= 4 is 17.3 Å². The third kappa shape index (κ3) is 4.42. The van der Waals surface area contributed by atoms with Gasteiger partial charge in [-0.1, -0.05) is 6.92 Å². The number of rotatable bonds is 6. The summed E-state index contributed by atoms with van der Waals surface area (Å²) in [5.74, 6) is 0.112. The van der Waals surface area contributed by atoms with Crippen LogP contribution in [0.15, 0.2) is 24.3 Å². The van der Waals surface area contributed by atoms with Crippen molar-refractivity contribution in [1.29, 1.82) is 0 Å². The quantitative estimate of drug-likeness (QED) is 0.565. The van der Waals surface area contributed by atoms with E-state index in [2.05, 4.69) is 10.2 Å². The SMILES string of the molecule is CCCNC(=O)C[NH+]1CCN(c2ccc([N+](=O)[O-])cc2)CC1. The highest BCUT2D eigenvalue weighted by Crippen LogP contribution is 2.19. The summed E-state index contributed by atoms with van der Waals surface area (Å²) in [4.78, 5) is 25.5. The Hall–Kier alpha value is -2.15. The van der Waals surface area contributed by atoms with E-state index in [1.165, 1.54) is 17.0 Å². The molecule has 1 saturated heterocycles. The molecule has 22 heavy (non-hydrogen) atoms. The number of hydrogen-bond donors (Lipinski definition) is 2. The third-order valence-corrected chi connectivity index (χ3v) is 3.88. The Morgan fingerprint density at radius 1 is 1.32 bits per heavy atom. The second-order valence-electron chi connectivity index (χ2n) is 5.54. The molecule has 0 radical (unpaired) electrons. The molecule has 2 rings (SSSR count). The number of nitro benzene ring substituents is 1. The van der Waals surface area contributed by atoms with Crippen molar-refractivity contribution in [2.24, 2.45) is 0 Å². The zero-order valence-electron chi connectivity index (χ0n) is 12.9. The maximum atomic E-state index is 11.7. The van der Waals surface area contributed by atoms with E-state index in [0.29, 0.717) is 6.54 Å². The first-order chi connectivity index (χ1) is 10.6. The molecule has 1 aromatic carbocycles. The van der Waals surface area contributed by atoms with E-state index in [4.69, 9.17) is 0 Å². The lowest BCUT2D eigenvalue weighted by atomic mass is 10.2. The van der Waals surface area contributed by atoms with Crippen molar-refractivity contribution in [2.75, 3.05) is 44.2 Å². The Morgan fingerprint density at radius 3 is 2.50 bits per heavy atom. The van der Waals surface area contributed by atoms with Gasteiger partial charge < -0.3 is 15.1 Å². The minimum Gasteiger partial charge on any atom is -0.360 e. The van der Waals surface area contributed by atoms with Gasteiger partial charge in [-0.3, -0.25) is 14.9 Å². The maximum Gasteiger partial charge on any atom is 0.275 e. The van der Waals surface area contributed by atoms with Crippen LogP contribution < -0.4 is 15.1 Å². The summed E-state index contributed by atoms with van der Waals surface area (Å²) in [5.41, 5.74) is 1.11. The van der Waals surface area contributed by atoms with Gasteiger partial charge in [0.05, 0.1) is 31.1 Å². The predicted molar refractivity (Wildman–Crippen MR) is 84.2 cm³/mol. The van der Waals surface area contributed by atoms with Gasteiger partial charge in [0.25, 0.3) is 11.6 Å². The van der Waals surface area contributed by atoms with Crippen LogP contribution in [-0.4, -0.2) is 50.1 Å². The van der Waals surface area contributed by atoms with E-state index < -0.39 is 0 Å². The first kappa shape index (κ1) is 16.2. The Balaban J connectivity index is 1.81. The summed E-state index contributed by atoms with van der Waals surface area (Å²) in [5, 5.41) is 13.6. The summed E-state index contributed by atoms with van der Waals surface area (Å²) in [6.07, 6.45) is 0.953. The molecule has 0 aromatic heterocycles. The van der Waals surface area contributed by atoms with Crippen molar-refractivity contribution in [3.05, 3.63) is 34.4 Å². The van der Waals surface area contributed by atoms with Crippen molar-refractivity contribution in [1.82, 2.24) is 5.32 Å². The topological polar surface area (TPSA) is 79.9 Å². The molecule has 1 aliphatic heterocycles. The monoisotopic (exact) mass is 307 g/mol. The van der Waals surface area contributed by atoms with E-state index in [-0.39, 0.29) is 16.5 Å². The molecule has 1 heterocycles. The highest BCUT2D eigenvalue weighted by Gasteiger charge is 2.22. The fraction of sp³-hybridized carbons (Fsp3) is 0.533. The highest BCUT2D eigenvalue weighted by atomic mass is 16.6. The number of hydrogen-bond acceptors (Lipinski definition) is 4. The Morgan fingerprint density at radius 2 is 1.95 bits per heavy atom. The molecular weight excluding hydrogens is 284 g/mol. The van der Waals surface area contributed by atoms with E-state index in [1.54, 1.807) is 12.1 Å². The molecule has 7 nitrogen and oxygen atoms in total. The first-order valence-corrected chi connectivity index (χ1v) is 7.70. The van der Waals surface area contributed by atoms with E-state index >= 15 is 0 Å². The van der Waals surface area contributed by atoms with Gasteiger partial charge in [-0.05, 0) is 18.6 Å². The van der Waals surface area contributed by atoms with Gasteiger partial charge in [-0.15, -0.1) is 0 Å². The van der Waals surface area contributed by atoms with Crippen LogP contribution in [0.1, 0.15) is 13.3 Å². The number of amides is 1. The van der Waals surface area contributed by atoms with Gasteiger partial charge in [0.1, 0.15) is 0 Å². The number of nitrogens with zero attached hydrogens (tertiary/aromatic N) is 2. The summed E-state index contributed by atoms with van der Waals surface area (Å²) in [7, 11) is 0. The largest absolute Gasteiger partial charge is 0.360 e. The maximum absolute atomic E-state index is 11.7. The lowest BCUT2D eigenvalue weighted by molar-refractivity contribution is -0.892. The van der Waals surface area contributed by atoms with Gasteiger partial charge in [0.2, 0.25) is 0 Å². The molecule has 0 spiro atoms. The van der Waals surface area contributed by atoms with Crippen LogP contribution >= 0.6 is 0 Å². The fourth-order valence-electron chi connectivity index (χ4n) is 2.60. The van der Waals surface area contributed by atoms with Gasteiger partial charge in [0.15, 0.2) is 6.54 Å². The third-order valence-electron chi connectivity index (χ3n) is 3.88. The van der Waals surface area contributed by atoms with Gasteiger partial charge in [-0.25, -0.2) is 0 Å². The molecule has 0 bridgehead atoms. The van der Waals surface area contributed by atoms with E-state index in [1.807, 2.05) is 6.92 Å². The molecule has 1 amide bonds. The number of quaternary nitrogens is 1. The molecule has 120 valence electrons. The minimum absolute atomic E-state index is 0.112. The van der Waals surface area contributed by atoms with Crippen LogP contribution in [0, 0.1) is 10.1 Å². The standard InChI is InChI=1S/C15H22N4O3/c1-2-7-16-15(20)12-17-8-10-18(11-9-17)13-3-5-14(6-4-13)19(21)22/h3-6H,2,7-12H2,1H3,(H,16,20)/p+1. The average molecular weight is 307 g/mol. The molecule has 1 aliphatic rings. The van der Waals surface area contributed by atoms with Crippen molar-refractivity contribution < 1.29 is 14.6 Å². The zero-order valence-corrected chi connectivity index (χ0v) is 12.9. The lowest BCUT2D eigenvalue weighted by Gasteiger charge is -2.33. The minimum atomic E-state index is -0.388. The summed E-state index contributed by atoms with van der Waals surface area (Å²) >= 11 is 0. The Bertz CT molecular complexity index is 510. The van der Waals surface area contributed by atoms with E-state index in [9.17, 15) is 14.9 Å². The molecule has 7 heteroatoms. The lowest BCUT2D eigenvalue weighted by Crippen LogP contribution is -3.15. The zero-order chi connectivity index (χ0) is 15.9. The van der Waals surface area contributed by atoms with Crippen LogP contribution in [0.4, 0.5) is 11.4 Å². The molecule has 0 saturated carbocycles. The summed E-state index contributed by atoms with van der Waals surface area (Å²) in [6, 6.07) is 6.65. The molecule has 0 atom stereocenters. The van der Waals surface area contributed by atoms with Crippen LogP contribution in [0.25, 0.3) is 0 Å². The first-order valence-electron chi connectivity index (χ1n) is 7.70. The predicted octanol–water partition coefficient (Wildman–Crippen LogP) is -0.174. The smallest absolute Gasteiger partial charge is 0.275 e. The second kappa shape index (κ2) is 7.74. The number of carbonyl (C=O) groups excluding carboxylic acids is 1. The van der Waals surface area contributed by atoms with E-state index in [0.717, 1.165) is 44.8 Å². The van der Waals surface area contributed by atoms with Crippen molar-refractivity contribution in [3.63, 3.8) is 0 Å². The number of non-ortho nitro benzene ring substituents is 1. The molecule has 1 fully saturated rings. The Labute approximate surface area is 130 Å². The Kier molecular flexibility index (Phi) is 5.71. The fourth-order valence-corrected chi connectivity index (χ4v) is 2.60.